The first-order valence-electron chi connectivity index (χ1n) is 7.81. The van der Waals surface area contributed by atoms with Gasteiger partial charge < -0.3 is 9.47 Å². The first-order chi connectivity index (χ1) is 11.3. The molecule has 23 heavy (non-hydrogen) atoms. The van der Waals surface area contributed by atoms with Crippen LogP contribution in [0.5, 0.6) is 0 Å². The number of hydrogen-bond acceptors (Lipinski definition) is 2. The first-order valence-corrected chi connectivity index (χ1v) is 8.69. The van der Waals surface area contributed by atoms with E-state index >= 15 is 0 Å². The third-order valence-corrected chi connectivity index (χ3v) is 5.48. The van der Waals surface area contributed by atoms with Gasteiger partial charge >= 0.3 is 0 Å². The van der Waals surface area contributed by atoms with Crippen LogP contribution < -0.4 is 0 Å². The molecule has 4 rings (SSSR count). The summed E-state index contributed by atoms with van der Waals surface area (Å²) in [5.41, 5.74) is 3.41. The minimum atomic E-state index is -0.0195. The van der Waals surface area contributed by atoms with Gasteiger partial charge in [0.05, 0.1) is 10.9 Å². The topological polar surface area (TPSA) is 25.2 Å². The lowest BCUT2D eigenvalue weighted by Crippen LogP contribution is -2.42. The summed E-state index contributed by atoms with van der Waals surface area (Å²) in [6, 6.07) is 16.5. The molecule has 1 aromatic carbocycles. The van der Waals surface area contributed by atoms with Crippen molar-refractivity contribution in [2.75, 3.05) is 6.54 Å². The predicted octanol–water partition coefficient (Wildman–Crippen LogP) is 4.10. The number of benzene rings is 1. The molecule has 0 radical (unpaired) electrons. The second-order valence-electron chi connectivity index (χ2n) is 5.87. The normalized spacial score (nSPS) is 17.1. The maximum Gasteiger partial charge on any atom is 0.265 e. The number of fused-ring (bicyclic) bond motifs is 1. The molecule has 2 aromatic heterocycles. The maximum atomic E-state index is 13.1. The summed E-state index contributed by atoms with van der Waals surface area (Å²) in [5, 5.41) is 1.99. The quantitative estimate of drug-likeness (QED) is 0.697. The number of hydrogen-bond donors (Lipinski definition) is 0. The number of aryl methyl sites for hydroxylation is 1. The van der Waals surface area contributed by atoms with Crippen molar-refractivity contribution in [1.82, 2.24) is 9.47 Å². The minimum absolute atomic E-state index is 0.0195. The van der Waals surface area contributed by atoms with E-state index in [4.69, 9.17) is 0 Å². The Morgan fingerprint density at radius 3 is 2.65 bits per heavy atom. The molecule has 1 aliphatic heterocycles. The molecule has 1 amide bonds. The predicted molar refractivity (Wildman–Crippen MR) is 92.8 cm³/mol. The molecule has 1 unspecified atom stereocenters. The highest BCUT2D eigenvalue weighted by atomic mass is 32.1. The Labute approximate surface area is 139 Å². The Hall–Kier alpha value is -2.33. The van der Waals surface area contributed by atoms with Gasteiger partial charge in [0.25, 0.3) is 5.91 Å². The van der Waals surface area contributed by atoms with Crippen LogP contribution >= 0.6 is 11.3 Å². The minimum Gasteiger partial charge on any atom is -0.348 e. The summed E-state index contributed by atoms with van der Waals surface area (Å²) in [7, 11) is 0. The van der Waals surface area contributed by atoms with Crippen LogP contribution in [0.3, 0.4) is 0 Å². The standard InChI is InChI=1S/C19H18N2OS/c1-14-9-13-23-18(14)19(22)21-12-11-20-10-5-8-16(20)17(21)15-6-3-2-4-7-15/h2-10,13,17H,11-12H2,1H3. The zero-order chi connectivity index (χ0) is 15.8. The highest BCUT2D eigenvalue weighted by Gasteiger charge is 2.33. The van der Waals surface area contributed by atoms with Crippen molar-refractivity contribution in [2.45, 2.75) is 19.5 Å². The van der Waals surface area contributed by atoms with Gasteiger partial charge in [-0.25, -0.2) is 0 Å². The molecule has 0 spiro atoms. The van der Waals surface area contributed by atoms with Crippen LogP contribution in [0, 0.1) is 6.92 Å². The summed E-state index contributed by atoms with van der Waals surface area (Å²) in [4.78, 5) is 16.0. The first kappa shape index (κ1) is 14.3. The fraction of sp³-hybridized carbons (Fsp3) is 0.211. The molecule has 3 nitrogen and oxygen atoms in total. The van der Waals surface area contributed by atoms with Gasteiger partial charge in [0, 0.05) is 25.0 Å². The second kappa shape index (κ2) is 5.70. The third kappa shape index (κ3) is 2.39. The number of nitrogens with zero attached hydrogens (tertiary/aromatic N) is 2. The highest BCUT2D eigenvalue weighted by Crippen LogP contribution is 2.34. The van der Waals surface area contributed by atoms with Crippen molar-refractivity contribution in [1.29, 1.82) is 0 Å². The van der Waals surface area contributed by atoms with E-state index in [0.29, 0.717) is 0 Å². The van der Waals surface area contributed by atoms with Crippen molar-refractivity contribution in [3.8, 4) is 0 Å². The van der Waals surface area contributed by atoms with E-state index in [1.54, 1.807) is 0 Å². The molecule has 0 fully saturated rings. The summed E-state index contributed by atoms with van der Waals surface area (Å²) in [5.74, 6) is 0.138. The van der Waals surface area contributed by atoms with Crippen LogP contribution in [0.15, 0.2) is 60.1 Å². The van der Waals surface area contributed by atoms with E-state index in [-0.39, 0.29) is 11.9 Å². The van der Waals surface area contributed by atoms with Crippen LogP contribution in [-0.4, -0.2) is 21.9 Å². The lowest BCUT2D eigenvalue weighted by Gasteiger charge is -2.37. The van der Waals surface area contributed by atoms with Gasteiger partial charge in [-0.2, -0.15) is 0 Å². The Balaban J connectivity index is 1.80. The van der Waals surface area contributed by atoms with E-state index in [1.165, 1.54) is 17.0 Å². The van der Waals surface area contributed by atoms with Crippen molar-refractivity contribution >= 4 is 17.2 Å². The smallest absolute Gasteiger partial charge is 0.265 e. The molecule has 1 atom stereocenters. The SMILES string of the molecule is Cc1ccsc1C(=O)N1CCn2cccc2C1c1ccccc1. The van der Waals surface area contributed by atoms with Crippen LogP contribution in [0.4, 0.5) is 0 Å². The zero-order valence-corrected chi connectivity index (χ0v) is 13.8. The molecule has 3 aromatic rings. The molecule has 0 bridgehead atoms. The van der Waals surface area contributed by atoms with E-state index in [0.717, 1.165) is 29.1 Å². The molecular formula is C19H18N2OS. The van der Waals surface area contributed by atoms with E-state index in [9.17, 15) is 4.79 Å². The average Bonchev–Trinajstić information content (AvgIpc) is 3.22. The zero-order valence-electron chi connectivity index (χ0n) is 13.0. The molecule has 3 heterocycles. The van der Waals surface area contributed by atoms with Gasteiger partial charge in [0.15, 0.2) is 0 Å². The lowest BCUT2D eigenvalue weighted by atomic mass is 9.99. The van der Waals surface area contributed by atoms with Gasteiger partial charge in [-0.05, 0) is 41.6 Å². The molecule has 116 valence electrons. The van der Waals surface area contributed by atoms with Crippen molar-refractivity contribution in [3.63, 3.8) is 0 Å². The largest absolute Gasteiger partial charge is 0.348 e. The molecule has 0 aliphatic carbocycles. The van der Waals surface area contributed by atoms with Crippen LogP contribution in [0.25, 0.3) is 0 Å². The summed E-state index contributed by atoms with van der Waals surface area (Å²) >= 11 is 1.53. The van der Waals surface area contributed by atoms with E-state index < -0.39 is 0 Å². The second-order valence-corrected chi connectivity index (χ2v) is 6.79. The summed E-state index contributed by atoms with van der Waals surface area (Å²) < 4.78 is 2.25. The fourth-order valence-electron chi connectivity index (χ4n) is 3.31. The number of rotatable bonds is 2. The number of carbonyl (C=O) groups is 1. The molecule has 0 saturated heterocycles. The number of amides is 1. The number of carbonyl (C=O) groups excluding carboxylic acids is 1. The van der Waals surface area contributed by atoms with Crippen molar-refractivity contribution in [3.05, 3.63) is 81.8 Å². The molecule has 4 heteroatoms. The van der Waals surface area contributed by atoms with Gasteiger partial charge in [-0.1, -0.05) is 30.3 Å². The molecular weight excluding hydrogens is 304 g/mol. The number of thiophene rings is 1. The Morgan fingerprint density at radius 2 is 1.91 bits per heavy atom. The van der Waals surface area contributed by atoms with Crippen LogP contribution in [0.1, 0.15) is 32.5 Å². The number of aromatic nitrogens is 1. The lowest BCUT2D eigenvalue weighted by molar-refractivity contribution is 0.0668. The van der Waals surface area contributed by atoms with E-state index in [2.05, 4.69) is 35.0 Å². The van der Waals surface area contributed by atoms with Crippen molar-refractivity contribution in [2.24, 2.45) is 0 Å². The van der Waals surface area contributed by atoms with Crippen LogP contribution in [-0.2, 0) is 6.54 Å². The van der Waals surface area contributed by atoms with Gasteiger partial charge in [0.1, 0.15) is 0 Å². The Morgan fingerprint density at radius 1 is 1.09 bits per heavy atom. The third-order valence-electron chi connectivity index (χ3n) is 4.47. The fourth-order valence-corrected chi connectivity index (χ4v) is 4.19. The Kier molecular flexibility index (Phi) is 3.54. The monoisotopic (exact) mass is 322 g/mol. The van der Waals surface area contributed by atoms with E-state index in [1.807, 2.05) is 41.5 Å². The maximum absolute atomic E-state index is 13.1. The van der Waals surface area contributed by atoms with Crippen molar-refractivity contribution < 1.29 is 4.79 Å². The highest BCUT2D eigenvalue weighted by molar-refractivity contribution is 7.12. The van der Waals surface area contributed by atoms with Gasteiger partial charge in [0.2, 0.25) is 0 Å². The summed E-state index contributed by atoms with van der Waals surface area (Å²) in [6.45, 7) is 3.59. The van der Waals surface area contributed by atoms with Gasteiger partial charge in [-0.3, -0.25) is 4.79 Å². The summed E-state index contributed by atoms with van der Waals surface area (Å²) in [6.07, 6.45) is 2.10. The molecule has 0 N–H and O–H groups in total. The molecule has 1 aliphatic rings. The van der Waals surface area contributed by atoms with Crippen LogP contribution in [0.2, 0.25) is 0 Å². The molecule has 0 saturated carbocycles. The van der Waals surface area contributed by atoms with Gasteiger partial charge in [-0.15, -0.1) is 11.3 Å². The average molecular weight is 322 g/mol. The Bertz CT molecular complexity index is 834.